The standard InChI is InChI=1S/C15H26O2Si/c1-18(2,3)11-10-17-12-16-9-8-15-13-6-4-5-7-14(13)15/h4,6,8-9,13-15H,5,7,10-12H2,1-3H3/b9-8-/t13-,14+,15-/m0/s1. The van der Waals surface area contributed by atoms with Crippen molar-refractivity contribution in [1.29, 1.82) is 0 Å². The maximum atomic E-state index is 5.48. The third-order valence-corrected chi connectivity index (χ3v) is 5.57. The Bertz CT molecular complexity index is 317. The summed E-state index contributed by atoms with van der Waals surface area (Å²) in [5.41, 5.74) is 0. The second kappa shape index (κ2) is 6.07. The van der Waals surface area contributed by atoms with Crippen LogP contribution in [-0.4, -0.2) is 21.5 Å². The summed E-state index contributed by atoms with van der Waals surface area (Å²) in [7, 11) is -0.961. The van der Waals surface area contributed by atoms with Crippen LogP contribution in [0, 0.1) is 17.8 Å². The van der Waals surface area contributed by atoms with Gasteiger partial charge in [0.1, 0.15) is 0 Å². The van der Waals surface area contributed by atoms with Crippen molar-refractivity contribution in [3.05, 3.63) is 24.5 Å². The van der Waals surface area contributed by atoms with Crippen LogP contribution in [0.15, 0.2) is 24.5 Å². The van der Waals surface area contributed by atoms with Crippen molar-refractivity contribution >= 4 is 8.07 Å². The van der Waals surface area contributed by atoms with Crippen molar-refractivity contribution in [2.24, 2.45) is 17.8 Å². The fourth-order valence-corrected chi connectivity index (χ4v) is 3.32. The van der Waals surface area contributed by atoms with Crippen LogP contribution >= 0.6 is 0 Å². The molecular formula is C15H26O2Si. The molecule has 0 unspecified atom stereocenters. The smallest absolute Gasteiger partial charge is 0.188 e. The molecule has 0 N–H and O–H groups in total. The Hall–Kier alpha value is -0.543. The van der Waals surface area contributed by atoms with Crippen molar-refractivity contribution in [2.45, 2.75) is 38.5 Å². The second-order valence-electron chi connectivity index (χ2n) is 6.66. The number of fused-ring (bicyclic) bond motifs is 1. The number of ether oxygens (including phenoxy) is 2. The van der Waals surface area contributed by atoms with E-state index in [0.717, 1.165) is 24.4 Å². The molecular weight excluding hydrogens is 240 g/mol. The highest BCUT2D eigenvalue weighted by molar-refractivity contribution is 6.76. The lowest BCUT2D eigenvalue weighted by Gasteiger charge is -2.14. The average Bonchev–Trinajstić information content (AvgIpc) is 3.00. The molecule has 0 saturated heterocycles. The van der Waals surface area contributed by atoms with Crippen LogP contribution in [0.5, 0.6) is 0 Å². The van der Waals surface area contributed by atoms with Gasteiger partial charge in [-0.3, -0.25) is 0 Å². The van der Waals surface area contributed by atoms with Crippen molar-refractivity contribution < 1.29 is 9.47 Å². The normalized spacial score (nSPS) is 30.5. The molecule has 0 bridgehead atoms. The second-order valence-corrected chi connectivity index (χ2v) is 12.3. The van der Waals surface area contributed by atoms with Crippen molar-refractivity contribution in [3.8, 4) is 0 Å². The van der Waals surface area contributed by atoms with Gasteiger partial charge in [-0.2, -0.15) is 0 Å². The third kappa shape index (κ3) is 4.29. The summed E-state index contributed by atoms with van der Waals surface area (Å²) in [6, 6.07) is 1.21. The maximum Gasteiger partial charge on any atom is 0.188 e. The summed E-state index contributed by atoms with van der Waals surface area (Å²) in [5, 5.41) is 0. The molecule has 2 aliphatic carbocycles. The van der Waals surface area contributed by atoms with Crippen LogP contribution in [0.3, 0.4) is 0 Å². The minimum absolute atomic E-state index is 0.402. The highest BCUT2D eigenvalue weighted by Gasteiger charge is 2.46. The fourth-order valence-electron chi connectivity index (χ4n) is 2.57. The highest BCUT2D eigenvalue weighted by atomic mass is 28.3. The van der Waals surface area contributed by atoms with Crippen LogP contribution in [0.1, 0.15) is 12.8 Å². The molecule has 0 aromatic heterocycles. The van der Waals surface area contributed by atoms with Crippen molar-refractivity contribution in [2.75, 3.05) is 13.4 Å². The molecule has 2 nitrogen and oxygen atoms in total. The Kier molecular flexibility index (Phi) is 4.68. The van der Waals surface area contributed by atoms with E-state index in [2.05, 4.69) is 37.9 Å². The summed E-state index contributed by atoms with van der Waals surface area (Å²) in [6.45, 7) is 8.32. The van der Waals surface area contributed by atoms with Crippen LogP contribution in [0.2, 0.25) is 25.7 Å². The molecule has 1 saturated carbocycles. The quantitative estimate of drug-likeness (QED) is 0.228. The van der Waals surface area contributed by atoms with Gasteiger partial charge in [-0.1, -0.05) is 31.8 Å². The van der Waals surface area contributed by atoms with Crippen LogP contribution in [0.25, 0.3) is 0 Å². The van der Waals surface area contributed by atoms with Gasteiger partial charge in [0.05, 0.1) is 6.26 Å². The minimum Gasteiger partial charge on any atom is -0.475 e. The zero-order valence-corrected chi connectivity index (χ0v) is 12.9. The molecule has 0 radical (unpaired) electrons. The highest BCUT2D eigenvalue weighted by Crippen LogP contribution is 2.53. The molecule has 2 aliphatic rings. The third-order valence-electron chi connectivity index (χ3n) is 3.86. The molecule has 3 heteroatoms. The van der Waals surface area contributed by atoms with E-state index in [1.54, 1.807) is 0 Å². The van der Waals surface area contributed by atoms with E-state index >= 15 is 0 Å². The van der Waals surface area contributed by atoms with Gasteiger partial charge >= 0.3 is 0 Å². The molecule has 18 heavy (non-hydrogen) atoms. The molecule has 0 aliphatic heterocycles. The molecule has 0 heterocycles. The molecule has 0 amide bonds. The number of hydrogen-bond acceptors (Lipinski definition) is 2. The lowest BCUT2D eigenvalue weighted by molar-refractivity contribution is -0.00571. The van der Waals surface area contributed by atoms with Crippen LogP contribution < -0.4 is 0 Å². The van der Waals surface area contributed by atoms with E-state index in [4.69, 9.17) is 9.47 Å². The Morgan fingerprint density at radius 1 is 1.33 bits per heavy atom. The molecule has 0 aromatic rings. The summed E-state index contributed by atoms with van der Waals surface area (Å²) < 4.78 is 10.9. The first kappa shape index (κ1) is 13.9. The average molecular weight is 266 g/mol. The molecule has 1 fully saturated rings. The number of allylic oxidation sites excluding steroid dienone is 3. The van der Waals surface area contributed by atoms with E-state index in [1.165, 1.54) is 18.9 Å². The summed E-state index contributed by atoms with van der Waals surface area (Å²) >= 11 is 0. The lowest BCUT2D eigenvalue weighted by Crippen LogP contribution is -2.21. The van der Waals surface area contributed by atoms with E-state index in [1.807, 2.05) is 6.26 Å². The molecule has 102 valence electrons. The van der Waals surface area contributed by atoms with Gasteiger partial charge in [-0.05, 0) is 42.7 Å². The van der Waals surface area contributed by atoms with Crippen LogP contribution in [-0.2, 0) is 9.47 Å². The Morgan fingerprint density at radius 2 is 2.17 bits per heavy atom. The first-order chi connectivity index (χ1) is 8.58. The SMILES string of the molecule is C[Si](C)(C)CCOCO/C=C\[C@H]1[C@H]2C=CCC[C@H]21. The molecule has 3 atom stereocenters. The topological polar surface area (TPSA) is 18.5 Å². The van der Waals surface area contributed by atoms with Gasteiger partial charge in [-0.25, -0.2) is 0 Å². The number of rotatable bonds is 7. The lowest BCUT2D eigenvalue weighted by atomic mass is 10.1. The predicted octanol–water partition coefficient (Wildman–Crippen LogP) is 4.04. The van der Waals surface area contributed by atoms with Gasteiger partial charge in [0.25, 0.3) is 0 Å². The maximum absolute atomic E-state index is 5.48. The zero-order chi connectivity index (χ0) is 13.0. The number of hydrogen-bond donors (Lipinski definition) is 0. The largest absolute Gasteiger partial charge is 0.475 e. The zero-order valence-electron chi connectivity index (χ0n) is 11.9. The van der Waals surface area contributed by atoms with E-state index in [-0.39, 0.29) is 0 Å². The van der Waals surface area contributed by atoms with Crippen molar-refractivity contribution in [3.63, 3.8) is 0 Å². The Labute approximate surface area is 112 Å². The summed E-state index contributed by atoms with van der Waals surface area (Å²) in [5.74, 6) is 2.42. The fraction of sp³-hybridized carbons (Fsp3) is 0.733. The summed E-state index contributed by atoms with van der Waals surface area (Å²) in [6.07, 6.45) is 11.3. The van der Waals surface area contributed by atoms with Crippen LogP contribution in [0.4, 0.5) is 0 Å². The van der Waals surface area contributed by atoms with Gasteiger partial charge in [-0.15, -0.1) is 0 Å². The minimum atomic E-state index is -0.961. The van der Waals surface area contributed by atoms with Gasteiger partial charge < -0.3 is 9.47 Å². The van der Waals surface area contributed by atoms with E-state index in [9.17, 15) is 0 Å². The molecule has 0 aromatic carbocycles. The van der Waals surface area contributed by atoms with Gasteiger partial charge in [0.2, 0.25) is 0 Å². The van der Waals surface area contributed by atoms with E-state index in [0.29, 0.717) is 6.79 Å². The first-order valence-electron chi connectivity index (χ1n) is 7.11. The molecule has 2 rings (SSSR count). The summed E-state index contributed by atoms with van der Waals surface area (Å²) in [4.78, 5) is 0. The first-order valence-corrected chi connectivity index (χ1v) is 10.8. The Morgan fingerprint density at radius 3 is 2.83 bits per heavy atom. The van der Waals surface area contributed by atoms with Gasteiger partial charge in [0.15, 0.2) is 6.79 Å². The van der Waals surface area contributed by atoms with Crippen molar-refractivity contribution in [1.82, 2.24) is 0 Å². The predicted molar refractivity (Wildman–Crippen MR) is 78.0 cm³/mol. The monoisotopic (exact) mass is 266 g/mol. The van der Waals surface area contributed by atoms with Gasteiger partial charge in [0, 0.05) is 14.7 Å². The van der Waals surface area contributed by atoms with E-state index < -0.39 is 8.07 Å². The Balaban J connectivity index is 1.50. The molecule has 0 spiro atoms.